The molecule has 0 amide bonds. The lowest BCUT2D eigenvalue weighted by Gasteiger charge is -2.30. The van der Waals surface area contributed by atoms with E-state index in [0.717, 1.165) is 5.56 Å². The van der Waals surface area contributed by atoms with Crippen LogP contribution in [-0.2, 0) is 15.3 Å². The molecule has 3 heteroatoms. The van der Waals surface area contributed by atoms with Crippen LogP contribution < -0.4 is 0 Å². The number of methoxy groups -OCH3 is 1. The average molecular weight is 228 g/mol. The van der Waals surface area contributed by atoms with Crippen LogP contribution in [0, 0.1) is 5.92 Å². The van der Waals surface area contributed by atoms with Gasteiger partial charge < -0.3 is 9.47 Å². The first-order chi connectivity index (χ1) is 8.28. The van der Waals surface area contributed by atoms with Gasteiger partial charge in [-0.1, -0.05) is 42.5 Å². The first kappa shape index (κ1) is 10.3. The van der Waals surface area contributed by atoms with Crippen molar-refractivity contribution in [1.29, 1.82) is 0 Å². The number of benzene rings is 1. The lowest BCUT2D eigenvalue weighted by molar-refractivity contribution is -0.202. The summed E-state index contributed by atoms with van der Waals surface area (Å²) < 4.78 is 11.0. The lowest BCUT2D eigenvalue weighted by atomic mass is 9.91. The van der Waals surface area contributed by atoms with E-state index in [9.17, 15) is 4.79 Å². The van der Waals surface area contributed by atoms with Crippen molar-refractivity contribution in [3.05, 3.63) is 59.7 Å². The molecular formula is C14H12O3. The summed E-state index contributed by atoms with van der Waals surface area (Å²) in [5.74, 6) is -1.40. The summed E-state index contributed by atoms with van der Waals surface area (Å²) in [6, 6.07) is 7.35. The van der Waals surface area contributed by atoms with E-state index in [1.807, 2.05) is 42.5 Å². The molecule has 1 atom stereocenters. The molecule has 0 bridgehead atoms. The van der Waals surface area contributed by atoms with Gasteiger partial charge in [-0.3, -0.25) is 0 Å². The normalized spacial score (nSPS) is 26.3. The average Bonchev–Trinajstić information content (AvgIpc) is 2.97. The number of hydrogen-bond donors (Lipinski definition) is 0. The summed E-state index contributed by atoms with van der Waals surface area (Å²) in [7, 11) is 1.56. The van der Waals surface area contributed by atoms with Gasteiger partial charge in [0.05, 0.1) is 11.5 Å². The zero-order chi connectivity index (χ0) is 11.9. The summed E-state index contributed by atoms with van der Waals surface area (Å²) in [4.78, 5) is 11.8. The molecule has 1 aromatic rings. The second-order valence-electron chi connectivity index (χ2n) is 4.10. The minimum absolute atomic E-state index is 0.0694. The number of esters is 1. The highest BCUT2D eigenvalue weighted by Crippen LogP contribution is 2.44. The van der Waals surface area contributed by atoms with Gasteiger partial charge in [-0.2, -0.15) is 0 Å². The highest BCUT2D eigenvalue weighted by atomic mass is 16.7. The number of rotatable bonds is 2. The fourth-order valence-corrected chi connectivity index (χ4v) is 2.43. The summed E-state index contributed by atoms with van der Waals surface area (Å²) in [5.41, 5.74) is 1.39. The van der Waals surface area contributed by atoms with Gasteiger partial charge in [-0.05, 0) is 6.07 Å². The van der Waals surface area contributed by atoms with Crippen LogP contribution in [0.25, 0.3) is 0 Å². The van der Waals surface area contributed by atoms with Crippen LogP contribution in [0.2, 0.25) is 0 Å². The molecule has 0 spiro atoms. The summed E-state index contributed by atoms with van der Waals surface area (Å²) in [5, 5.41) is 0. The Morgan fingerprint density at radius 2 is 1.94 bits per heavy atom. The molecule has 1 unspecified atom stereocenters. The molecule has 1 aromatic carbocycles. The maximum Gasteiger partial charge on any atom is 0.341 e. The Hall–Kier alpha value is -1.87. The second kappa shape index (κ2) is 3.57. The molecule has 86 valence electrons. The summed E-state index contributed by atoms with van der Waals surface area (Å²) >= 11 is 0. The van der Waals surface area contributed by atoms with Crippen LogP contribution in [-0.4, -0.2) is 13.1 Å². The summed E-state index contributed by atoms with van der Waals surface area (Å²) in [6.07, 6.45) is 7.80. The lowest BCUT2D eigenvalue weighted by Crippen LogP contribution is -2.35. The third kappa shape index (κ3) is 1.29. The number of fused-ring (bicyclic) bond motifs is 1. The molecule has 0 aromatic heterocycles. The van der Waals surface area contributed by atoms with E-state index in [2.05, 4.69) is 0 Å². The van der Waals surface area contributed by atoms with Crippen LogP contribution in [0.15, 0.2) is 48.6 Å². The van der Waals surface area contributed by atoms with Gasteiger partial charge in [-0.25, -0.2) is 4.79 Å². The smallest absolute Gasteiger partial charge is 0.341 e. The molecule has 0 saturated carbocycles. The van der Waals surface area contributed by atoms with Crippen LogP contribution in [0.5, 0.6) is 0 Å². The van der Waals surface area contributed by atoms with Gasteiger partial charge in [0.1, 0.15) is 0 Å². The van der Waals surface area contributed by atoms with E-state index in [4.69, 9.17) is 9.47 Å². The molecule has 17 heavy (non-hydrogen) atoms. The van der Waals surface area contributed by atoms with Gasteiger partial charge >= 0.3 is 5.97 Å². The molecule has 0 fully saturated rings. The van der Waals surface area contributed by atoms with E-state index in [0.29, 0.717) is 5.56 Å². The molecule has 1 aliphatic heterocycles. The molecule has 2 aliphatic rings. The van der Waals surface area contributed by atoms with E-state index in [1.54, 1.807) is 13.2 Å². The van der Waals surface area contributed by atoms with Crippen molar-refractivity contribution in [1.82, 2.24) is 0 Å². The van der Waals surface area contributed by atoms with Crippen LogP contribution >= 0.6 is 0 Å². The van der Waals surface area contributed by atoms with Gasteiger partial charge in [0, 0.05) is 12.7 Å². The Labute approximate surface area is 99.3 Å². The topological polar surface area (TPSA) is 35.5 Å². The third-order valence-corrected chi connectivity index (χ3v) is 3.26. The van der Waals surface area contributed by atoms with Crippen molar-refractivity contribution in [2.45, 2.75) is 5.79 Å². The van der Waals surface area contributed by atoms with Crippen molar-refractivity contribution < 1.29 is 14.3 Å². The predicted octanol–water partition coefficient (Wildman–Crippen LogP) is 2.40. The standard InChI is InChI=1S/C14H12O3/c1-16-14(10-6-2-3-7-10)12-9-5-4-8-11(12)13(15)17-14/h2-10H,1H3. The van der Waals surface area contributed by atoms with Crippen LogP contribution in [0.3, 0.4) is 0 Å². The van der Waals surface area contributed by atoms with Gasteiger partial charge in [0.15, 0.2) is 0 Å². The molecule has 0 N–H and O–H groups in total. The van der Waals surface area contributed by atoms with Crippen molar-refractivity contribution >= 4 is 5.97 Å². The Morgan fingerprint density at radius 1 is 1.24 bits per heavy atom. The van der Waals surface area contributed by atoms with Crippen molar-refractivity contribution in [3.8, 4) is 0 Å². The van der Waals surface area contributed by atoms with Crippen molar-refractivity contribution in [3.63, 3.8) is 0 Å². The minimum atomic E-state index is -1.00. The third-order valence-electron chi connectivity index (χ3n) is 3.26. The number of allylic oxidation sites excluding steroid dienone is 2. The predicted molar refractivity (Wildman–Crippen MR) is 62.3 cm³/mol. The Bertz CT molecular complexity index is 518. The second-order valence-corrected chi connectivity index (χ2v) is 4.10. The molecule has 1 heterocycles. The molecule has 3 rings (SSSR count). The minimum Gasteiger partial charge on any atom is -0.424 e. The fourth-order valence-electron chi connectivity index (χ4n) is 2.43. The molecule has 0 saturated heterocycles. The van der Waals surface area contributed by atoms with E-state index in [-0.39, 0.29) is 11.9 Å². The molecule has 1 aliphatic carbocycles. The molecule has 0 radical (unpaired) electrons. The van der Waals surface area contributed by atoms with E-state index in [1.165, 1.54) is 0 Å². The maximum absolute atomic E-state index is 11.8. The van der Waals surface area contributed by atoms with Crippen LogP contribution in [0.4, 0.5) is 0 Å². The fraction of sp³-hybridized carbons (Fsp3) is 0.214. The number of ether oxygens (including phenoxy) is 2. The quantitative estimate of drug-likeness (QED) is 0.729. The number of hydrogen-bond acceptors (Lipinski definition) is 3. The monoisotopic (exact) mass is 228 g/mol. The zero-order valence-electron chi connectivity index (χ0n) is 9.42. The van der Waals surface area contributed by atoms with E-state index < -0.39 is 5.79 Å². The zero-order valence-corrected chi connectivity index (χ0v) is 9.42. The van der Waals surface area contributed by atoms with Crippen LogP contribution in [0.1, 0.15) is 15.9 Å². The highest BCUT2D eigenvalue weighted by molar-refractivity contribution is 5.94. The van der Waals surface area contributed by atoms with Crippen molar-refractivity contribution in [2.75, 3.05) is 7.11 Å². The highest BCUT2D eigenvalue weighted by Gasteiger charge is 2.50. The number of carbonyl (C=O) groups is 1. The van der Waals surface area contributed by atoms with E-state index >= 15 is 0 Å². The SMILES string of the molecule is COC1(C2C=CC=C2)OC(=O)c2ccccc21. The van der Waals surface area contributed by atoms with Gasteiger partial charge in [0.2, 0.25) is 0 Å². The summed E-state index contributed by atoms with van der Waals surface area (Å²) in [6.45, 7) is 0. The number of cyclic esters (lactones) is 1. The molecular weight excluding hydrogens is 216 g/mol. The van der Waals surface area contributed by atoms with Gasteiger partial charge in [-0.15, -0.1) is 0 Å². The molecule has 3 nitrogen and oxygen atoms in total. The maximum atomic E-state index is 11.8. The Morgan fingerprint density at radius 3 is 2.65 bits per heavy atom. The largest absolute Gasteiger partial charge is 0.424 e. The first-order valence-corrected chi connectivity index (χ1v) is 5.51. The number of carbonyl (C=O) groups excluding carboxylic acids is 1. The Balaban J connectivity index is 2.17. The first-order valence-electron chi connectivity index (χ1n) is 5.51. The van der Waals surface area contributed by atoms with Gasteiger partial charge in [0.25, 0.3) is 5.79 Å². The Kier molecular flexibility index (Phi) is 2.16. The van der Waals surface area contributed by atoms with Crippen molar-refractivity contribution in [2.24, 2.45) is 5.92 Å².